The van der Waals surface area contributed by atoms with Crippen LogP contribution in [0, 0.1) is 11.6 Å². The number of hydrogen-bond acceptors (Lipinski definition) is 2. The summed E-state index contributed by atoms with van der Waals surface area (Å²) in [6, 6.07) is 13.2. The number of aldehydes is 1. The number of carbonyl (C=O) groups is 1. The highest BCUT2D eigenvalue weighted by atomic mass is 19.2. The molecule has 1 fully saturated rings. The average Bonchev–Trinajstić information content (AvgIpc) is 3.31. The number of carbonyl (C=O) groups excluding carboxylic acids is 1. The van der Waals surface area contributed by atoms with E-state index in [-0.39, 0.29) is 0 Å². The molecular weight excluding hydrogens is 286 g/mol. The Morgan fingerprint density at radius 3 is 2.41 bits per heavy atom. The SMILES string of the molecule is O=C[C@@H](c1ccc(F)c(F)c1)C1(OCc2ccccc2)CC1. The van der Waals surface area contributed by atoms with Crippen LogP contribution in [0.2, 0.25) is 0 Å². The summed E-state index contributed by atoms with van der Waals surface area (Å²) in [7, 11) is 0. The van der Waals surface area contributed by atoms with Crippen LogP contribution >= 0.6 is 0 Å². The summed E-state index contributed by atoms with van der Waals surface area (Å²) >= 11 is 0. The van der Waals surface area contributed by atoms with Gasteiger partial charge < -0.3 is 9.53 Å². The molecule has 2 aromatic rings. The van der Waals surface area contributed by atoms with Gasteiger partial charge in [-0.05, 0) is 36.1 Å². The van der Waals surface area contributed by atoms with Crippen molar-refractivity contribution in [1.82, 2.24) is 0 Å². The Labute approximate surface area is 127 Å². The zero-order chi connectivity index (χ0) is 15.6. The second-order valence-electron chi connectivity index (χ2n) is 5.63. The number of rotatable bonds is 6. The van der Waals surface area contributed by atoms with E-state index in [1.54, 1.807) is 0 Å². The fourth-order valence-corrected chi connectivity index (χ4v) is 2.68. The van der Waals surface area contributed by atoms with E-state index in [0.29, 0.717) is 12.2 Å². The molecule has 1 aliphatic carbocycles. The van der Waals surface area contributed by atoms with Gasteiger partial charge >= 0.3 is 0 Å². The molecule has 0 unspecified atom stereocenters. The van der Waals surface area contributed by atoms with Crippen LogP contribution in [0.15, 0.2) is 48.5 Å². The summed E-state index contributed by atoms with van der Waals surface area (Å²) in [6.45, 7) is 0.398. The van der Waals surface area contributed by atoms with E-state index in [2.05, 4.69) is 0 Å². The first-order valence-electron chi connectivity index (χ1n) is 7.23. The van der Waals surface area contributed by atoms with Crippen LogP contribution in [0.4, 0.5) is 8.78 Å². The van der Waals surface area contributed by atoms with Crippen molar-refractivity contribution in [3.63, 3.8) is 0 Å². The maximum Gasteiger partial charge on any atom is 0.159 e. The van der Waals surface area contributed by atoms with Crippen molar-refractivity contribution in [2.75, 3.05) is 0 Å². The van der Waals surface area contributed by atoms with Crippen molar-refractivity contribution < 1.29 is 18.3 Å². The molecular formula is C18H16F2O2. The first-order chi connectivity index (χ1) is 10.6. The minimum atomic E-state index is -0.941. The van der Waals surface area contributed by atoms with Gasteiger partial charge in [0.25, 0.3) is 0 Å². The Balaban J connectivity index is 1.77. The minimum absolute atomic E-state index is 0.398. The van der Waals surface area contributed by atoms with E-state index in [4.69, 9.17) is 4.74 Å². The van der Waals surface area contributed by atoms with Crippen molar-refractivity contribution in [3.05, 3.63) is 71.3 Å². The molecule has 114 valence electrons. The lowest BCUT2D eigenvalue weighted by molar-refractivity contribution is -0.114. The van der Waals surface area contributed by atoms with Gasteiger partial charge in [-0.1, -0.05) is 36.4 Å². The van der Waals surface area contributed by atoms with Gasteiger partial charge in [0.15, 0.2) is 11.6 Å². The lowest BCUT2D eigenvalue weighted by atomic mass is 9.92. The monoisotopic (exact) mass is 302 g/mol. The molecule has 1 saturated carbocycles. The lowest BCUT2D eigenvalue weighted by Gasteiger charge is -2.23. The molecule has 22 heavy (non-hydrogen) atoms. The molecule has 1 aliphatic rings. The van der Waals surface area contributed by atoms with Gasteiger partial charge in [-0.15, -0.1) is 0 Å². The topological polar surface area (TPSA) is 26.3 Å². The molecule has 3 rings (SSSR count). The van der Waals surface area contributed by atoms with Crippen molar-refractivity contribution in [2.24, 2.45) is 0 Å². The molecule has 2 nitrogen and oxygen atoms in total. The first-order valence-corrected chi connectivity index (χ1v) is 7.23. The number of ether oxygens (including phenoxy) is 1. The fourth-order valence-electron chi connectivity index (χ4n) is 2.68. The smallest absolute Gasteiger partial charge is 0.159 e. The Hall–Kier alpha value is -2.07. The highest BCUT2D eigenvalue weighted by Crippen LogP contribution is 2.50. The van der Waals surface area contributed by atoms with Gasteiger partial charge in [0.1, 0.15) is 6.29 Å². The van der Waals surface area contributed by atoms with E-state index >= 15 is 0 Å². The van der Waals surface area contributed by atoms with Gasteiger partial charge in [-0.3, -0.25) is 0 Å². The predicted molar refractivity (Wildman–Crippen MR) is 78.4 cm³/mol. The molecule has 0 aliphatic heterocycles. The quantitative estimate of drug-likeness (QED) is 0.754. The largest absolute Gasteiger partial charge is 0.369 e. The second kappa shape index (κ2) is 5.97. The highest BCUT2D eigenvalue weighted by Gasteiger charge is 2.51. The van der Waals surface area contributed by atoms with E-state index in [1.807, 2.05) is 30.3 Å². The van der Waals surface area contributed by atoms with Crippen LogP contribution < -0.4 is 0 Å². The van der Waals surface area contributed by atoms with Gasteiger partial charge in [0, 0.05) is 0 Å². The number of benzene rings is 2. The van der Waals surface area contributed by atoms with Crippen molar-refractivity contribution in [1.29, 1.82) is 0 Å². The molecule has 0 saturated heterocycles. The average molecular weight is 302 g/mol. The first kappa shape index (κ1) is 14.9. The van der Waals surface area contributed by atoms with Crippen LogP contribution in [0.3, 0.4) is 0 Å². The van der Waals surface area contributed by atoms with Crippen LogP contribution in [-0.2, 0) is 16.1 Å². The molecule has 0 radical (unpaired) electrons. The Morgan fingerprint density at radius 2 is 1.82 bits per heavy atom. The minimum Gasteiger partial charge on any atom is -0.369 e. The van der Waals surface area contributed by atoms with Gasteiger partial charge in [0.2, 0.25) is 0 Å². The predicted octanol–water partition coefficient (Wildman–Crippen LogP) is 4.00. The highest BCUT2D eigenvalue weighted by molar-refractivity contribution is 5.66. The second-order valence-corrected chi connectivity index (χ2v) is 5.63. The summed E-state index contributed by atoms with van der Waals surface area (Å²) < 4.78 is 32.4. The maximum atomic E-state index is 13.4. The van der Waals surface area contributed by atoms with Crippen LogP contribution in [0.1, 0.15) is 29.9 Å². The summed E-state index contributed by atoms with van der Waals surface area (Å²) in [5.41, 5.74) is 0.880. The number of halogens is 2. The molecule has 0 spiro atoms. The van der Waals surface area contributed by atoms with Gasteiger partial charge in [0.05, 0.1) is 18.1 Å². The van der Waals surface area contributed by atoms with Crippen molar-refractivity contribution in [2.45, 2.75) is 31.0 Å². The third kappa shape index (κ3) is 2.92. The molecule has 4 heteroatoms. The standard InChI is InChI=1S/C18H16F2O2/c19-16-7-6-14(10-17(16)20)15(11-21)18(8-9-18)22-12-13-4-2-1-3-5-13/h1-7,10-11,15H,8-9,12H2/t15-/m0/s1. The van der Waals surface area contributed by atoms with E-state index in [9.17, 15) is 13.6 Å². The summed E-state index contributed by atoms with van der Waals surface area (Å²) in [5, 5.41) is 0. The normalized spacial score (nSPS) is 17.0. The van der Waals surface area contributed by atoms with Gasteiger partial charge in [-0.25, -0.2) is 8.78 Å². The van der Waals surface area contributed by atoms with Crippen molar-refractivity contribution >= 4 is 6.29 Å². The molecule has 0 bridgehead atoms. The molecule has 0 aromatic heterocycles. The summed E-state index contributed by atoms with van der Waals surface area (Å²) in [5.74, 6) is -2.43. The molecule has 0 heterocycles. The van der Waals surface area contributed by atoms with Crippen LogP contribution in [0.5, 0.6) is 0 Å². The Bertz CT molecular complexity index is 666. The third-order valence-electron chi connectivity index (χ3n) is 4.12. The van der Waals surface area contributed by atoms with Crippen LogP contribution in [-0.4, -0.2) is 11.9 Å². The fraction of sp³-hybridized carbons (Fsp3) is 0.278. The van der Waals surface area contributed by atoms with Crippen LogP contribution in [0.25, 0.3) is 0 Å². The molecule has 2 aromatic carbocycles. The van der Waals surface area contributed by atoms with Crippen molar-refractivity contribution in [3.8, 4) is 0 Å². The maximum absolute atomic E-state index is 13.4. The summed E-state index contributed by atoms with van der Waals surface area (Å²) in [6.07, 6.45) is 2.25. The lowest BCUT2D eigenvalue weighted by Crippen LogP contribution is -2.25. The van der Waals surface area contributed by atoms with E-state index in [1.165, 1.54) is 6.07 Å². The zero-order valence-corrected chi connectivity index (χ0v) is 12.0. The van der Waals surface area contributed by atoms with Gasteiger partial charge in [-0.2, -0.15) is 0 Å². The number of hydrogen-bond donors (Lipinski definition) is 0. The molecule has 1 atom stereocenters. The van der Waals surface area contributed by atoms with E-state index in [0.717, 1.165) is 36.8 Å². The third-order valence-corrected chi connectivity index (χ3v) is 4.12. The Kier molecular flexibility index (Phi) is 4.03. The molecule has 0 N–H and O–H groups in total. The summed E-state index contributed by atoms with van der Waals surface area (Å²) in [4.78, 5) is 11.5. The van der Waals surface area contributed by atoms with E-state index < -0.39 is 23.2 Å². The Morgan fingerprint density at radius 1 is 1.09 bits per heavy atom. The zero-order valence-electron chi connectivity index (χ0n) is 12.0. The molecule has 0 amide bonds.